The molecule has 0 amide bonds. The Hall–Kier alpha value is -2.77. The first kappa shape index (κ1) is 22.9. The van der Waals surface area contributed by atoms with Gasteiger partial charge in [0.2, 0.25) is 5.95 Å². The maximum Gasteiger partial charge on any atom is 0.225 e. The van der Waals surface area contributed by atoms with E-state index >= 15 is 0 Å². The third-order valence-electron chi connectivity index (χ3n) is 5.34. The number of aromatic nitrogens is 2. The number of piperazine rings is 1. The van der Waals surface area contributed by atoms with E-state index in [0.29, 0.717) is 0 Å². The maximum atomic E-state index is 13.4. The summed E-state index contributed by atoms with van der Waals surface area (Å²) in [6.07, 6.45) is 4.49. The first-order chi connectivity index (χ1) is 14.7. The first-order valence-corrected chi connectivity index (χ1v) is 10.2. The molecule has 0 bridgehead atoms. The molecule has 1 aromatic heterocycles. The average molecular weight is 446 g/mol. The van der Waals surface area contributed by atoms with E-state index in [1.807, 2.05) is 6.07 Å². The van der Waals surface area contributed by atoms with Crippen LogP contribution in [0.3, 0.4) is 0 Å². The number of hydrogen-bond acceptors (Lipinski definition) is 5. The molecule has 0 unspecified atom stereocenters. The van der Waals surface area contributed by atoms with Crippen LogP contribution in [0.1, 0.15) is 6.42 Å². The molecule has 31 heavy (non-hydrogen) atoms. The van der Waals surface area contributed by atoms with Crippen molar-refractivity contribution in [3.05, 3.63) is 78.6 Å². The van der Waals surface area contributed by atoms with Crippen molar-refractivity contribution in [3.8, 4) is 0 Å². The van der Waals surface area contributed by atoms with E-state index in [0.717, 1.165) is 63.0 Å². The van der Waals surface area contributed by atoms with Crippen LogP contribution in [-0.2, 0) is 0 Å². The van der Waals surface area contributed by atoms with Crippen molar-refractivity contribution in [2.45, 2.75) is 6.42 Å². The Bertz CT molecular complexity index is 871. The molecule has 0 radical (unpaired) electrons. The van der Waals surface area contributed by atoms with Gasteiger partial charge in [0.25, 0.3) is 0 Å². The lowest BCUT2D eigenvalue weighted by Crippen LogP contribution is -2.47. The van der Waals surface area contributed by atoms with Gasteiger partial charge in [0.05, 0.1) is 0 Å². The Kier molecular flexibility index (Phi) is 8.14. The minimum atomic E-state index is -0.266. The van der Waals surface area contributed by atoms with Crippen LogP contribution in [-0.4, -0.2) is 54.1 Å². The Morgan fingerprint density at radius 1 is 0.774 bits per heavy atom. The Balaban J connectivity index is 0.00000272. The molecule has 0 spiro atoms. The number of nitrogens with zero attached hydrogens (tertiary/aromatic N) is 5. The SMILES string of the molecule is Cl.Fc1ccc(N(CCCN2CCN(c3ncccn3)CC2)c2ccc(F)cc2)cc1. The lowest BCUT2D eigenvalue weighted by atomic mass is 10.2. The van der Waals surface area contributed by atoms with E-state index in [1.54, 1.807) is 36.7 Å². The summed E-state index contributed by atoms with van der Waals surface area (Å²) in [7, 11) is 0. The van der Waals surface area contributed by atoms with Gasteiger partial charge in [-0.25, -0.2) is 18.7 Å². The molecule has 2 aromatic carbocycles. The highest BCUT2D eigenvalue weighted by Gasteiger charge is 2.19. The third kappa shape index (κ3) is 6.12. The van der Waals surface area contributed by atoms with Gasteiger partial charge in [-0.15, -0.1) is 12.4 Å². The number of anilines is 3. The zero-order valence-electron chi connectivity index (χ0n) is 17.2. The van der Waals surface area contributed by atoms with Crippen LogP contribution < -0.4 is 9.80 Å². The molecule has 3 aromatic rings. The van der Waals surface area contributed by atoms with Crippen LogP contribution in [0.25, 0.3) is 0 Å². The van der Waals surface area contributed by atoms with Gasteiger partial charge in [-0.2, -0.15) is 0 Å². The van der Waals surface area contributed by atoms with E-state index in [9.17, 15) is 8.78 Å². The van der Waals surface area contributed by atoms with Crippen LogP contribution >= 0.6 is 12.4 Å². The van der Waals surface area contributed by atoms with E-state index < -0.39 is 0 Å². The molecule has 1 aliphatic heterocycles. The minimum Gasteiger partial charge on any atom is -0.341 e. The molecule has 1 saturated heterocycles. The smallest absolute Gasteiger partial charge is 0.225 e. The molecule has 0 atom stereocenters. The second-order valence-electron chi connectivity index (χ2n) is 7.34. The molecular formula is C23H26ClF2N5. The van der Waals surface area contributed by atoms with Gasteiger partial charge in [-0.1, -0.05) is 0 Å². The van der Waals surface area contributed by atoms with Gasteiger partial charge in [-0.05, 0) is 67.6 Å². The second kappa shape index (κ2) is 11.0. The molecule has 1 aliphatic rings. The van der Waals surface area contributed by atoms with E-state index in [4.69, 9.17) is 0 Å². The summed E-state index contributed by atoms with van der Waals surface area (Å²) in [4.78, 5) is 15.4. The third-order valence-corrected chi connectivity index (χ3v) is 5.34. The summed E-state index contributed by atoms with van der Waals surface area (Å²) in [6.45, 7) is 5.46. The van der Waals surface area contributed by atoms with E-state index in [-0.39, 0.29) is 24.0 Å². The molecular weight excluding hydrogens is 420 g/mol. The largest absolute Gasteiger partial charge is 0.341 e. The molecule has 164 valence electrons. The van der Waals surface area contributed by atoms with Gasteiger partial charge < -0.3 is 9.80 Å². The van der Waals surface area contributed by atoms with Crippen molar-refractivity contribution in [2.75, 3.05) is 49.1 Å². The summed E-state index contributed by atoms with van der Waals surface area (Å²) in [6, 6.07) is 14.7. The van der Waals surface area contributed by atoms with Crippen LogP contribution in [0.5, 0.6) is 0 Å². The molecule has 2 heterocycles. The van der Waals surface area contributed by atoms with Gasteiger partial charge in [-0.3, -0.25) is 4.90 Å². The molecule has 0 aliphatic carbocycles. The summed E-state index contributed by atoms with van der Waals surface area (Å²) in [5.41, 5.74) is 1.79. The highest BCUT2D eigenvalue weighted by atomic mass is 35.5. The van der Waals surface area contributed by atoms with Crippen molar-refractivity contribution < 1.29 is 8.78 Å². The Morgan fingerprint density at radius 3 is 1.81 bits per heavy atom. The lowest BCUT2D eigenvalue weighted by Gasteiger charge is -2.35. The predicted molar refractivity (Wildman–Crippen MR) is 122 cm³/mol. The van der Waals surface area contributed by atoms with Gasteiger partial charge in [0.1, 0.15) is 11.6 Å². The number of hydrogen-bond donors (Lipinski definition) is 0. The number of rotatable bonds is 7. The van der Waals surface area contributed by atoms with Crippen LogP contribution in [0.4, 0.5) is 26.1 Å². The monoisotopic (exact) mass is 445 g/mol. The average Bonchev–Trinajstić information content (AvgIpc) is 2.79. The molecule has 1 fully saturated rings. The van der Waals surface area contributed by atoms with Crippen molar-refractivity contribution in [1.82, 2.24) is 14.9 Å². The van der Waals surface area contributed by atoms with Crippen molar-refractivity contribution in [1.29, 1.82) is 0 Å². The van der Waals surface area contributed by atoms with Crippen molar-refractivity contribution >= 4 is 29.7 Å². The van der Waals surface area contributed by atoms with Gasteiger partial charge in [0, 0.05) is 56.5 Å². The van der Waals surface area contributed by atoms with Crippen molar-refractivity contribution in [3.63, 3.8) is 0 Å². The summed E-state index contributed by atoms with van der Waals surface area (Å²) >= 11 is 0. The zero-order chi connectivity index (χ0) is 20.8. The maximum absolute atomic E-state index is 13.4. The number of benzene rings is 2. The number of halogens is 3. The molecule has 8 heteroatoms. The quantitative estimate of drug-likeness (QED) is 0.534. The fourth-order valence-electron chi connectivity index (χ4n) is 3.73. The van der Waals surface area contributed by atoms with Gasteiger partial charge >= 0.3 is 0 Å². The molecule has 0 saturated carbocycles. The fraction of sp³-hybridized carbons (Fsp3) is 0.304. The Labute approximate surface area is 187 Å². The van der Waals surface area contributed by atoms with Crippen LogP contribution in [0, 0.1) is 11.6 Å². The highest BCUT2D eigenvalue weighted by molar-refractivity contribution is 5.85. The standard InChI is InChI=1S/C23H25F2N5.ClH/c24-19-3-7-21(8-4-19)30(22-9-5-20(25)6-10-22)14-2-13-28-15-17-29(18-16-28)23-26-11-1-12-27-23;/h1,3-12H,2,13-18H2;1H. The summed E-state index contributed by atoms with van der Waals surface area (Å²) in [5, 5.41) is 0. The minimum absolute atomic E-state index is 0. The van der Waals surface area contributed by atoms with E-state index in [2.05, 4.69) is 24.7 Å². The normalized spacial score (nSPS) is 14.2. The Morgan fingerprint density at radius 2 is 1.29 bits per heavy atom. The van der Waals surface area contributed by atoms with Crippen LogP contribution in [0.15, 0.2) is 67.0 Å². The molecule has 5 nitrogen and oxygen atoms in total. The topological polar surface area (TPSA) is 35.5 Å². The zero-order valence-corrected chi connectivity index (χ0v) is 18.0. The first-order valence-electron chi connectivity index (χ1n) is 10.2. The highest BCUT2D eigenvalue weighted by Crippen LogP contribution is 2.26. The fourth-order valence-corrected chi connectivity index (χ4v) is 3.73. The predicted octanol–water partition coefficient (Wildman–Crippen LogP) is 4.53. The van der Waals surface area contributed by atoms with Gasteiger partial charge in [0.15, 0.2) is 0 Å². The van der Waals surface area contributed by atoms with E-state index in [1.165, 1.54) is 24.3 Å². The van der Waals surface area contributed by atoms with Crippen molar-refractivity contribution in [2.24, 2.45) is 0 Å². The van der Waals surface area contributed by atoms with Crippen LogP contribution in [0.2, 0.25) is 0 Å². The summed E-state index contributed by atoms with van der Waals surface area (Å²) < 4.78 is 26.7. The molecule has 0 N–H and O–H groups in total. The second-order valence-corrected chi connectivity index (χ2v) is 7.34. The lowest BCUT2D eigenvalue weighted by molar-refractivity contribution is 0.255. The summed E-state index contributed by atoms with van der Waals surface area (Å²) in [5.74, 6) is 0.257. The molecule has 4 rings (SSSR count).